The number of hydrogen-bond donors (Lipinski definition) is 2. The Morgan fingerprint density at radius 3 is 1.57 bits per heavy atom. The second-order valence-electron chi connectivity index (χ2n) is 2.17. The van der Waals surface area contributed by atoms with Gasteiger partial charge in [-0.3, -0.25) is 0 Å². The molecule has 0 aromatic carbocycles. The van der Waals surface area contributed by atoms with Crippen LogP contribution in [0, 0.1) is 0 Å². The first-order valence-corrected chi connectivity index (χ1v) is 4.42. The van der Waals surface area contributed by atoms with Crippen molar-refractivity contribution >= 4 is 0 Å². The molecular weight excluding hydrogens is 184 g/mol. The summed E-state index contributed by atoms with van der Waals surface area (Å²) < 4.78 is 9.53. The summed E-state index contributed by atoms with van der Waals surface area (Å²) in [5, 5.41) is 16.2. The highest BCUT2D eigenvalue weighted by Gasteiger charge is 1.79. The molecule has 0 rings (SSSR count). The van der Waals surface area contributed by atoms with Crippen molar-refractivity contribution in [2.75, 3.05) is 39.6 Å². The predicted molar refractivity (Wildman–Crippen MR) is 56.2 cm³/mol. The van der Waals surface area contributed by atoms with Crippen molar-refractivity contribution < 1.29 is 19.7 Å². The van der Waals surface area contributed by atoms with E-state index in [1.807, 2.05) is 0 Å². The van der Waals surface area contributed by atoms with Crippen molar-refractivity contribution in [3.05, 3.63) is 25.3 Å². The van der Waals surface area contributed by atoms with Crippen molar-refractivity contribution in [2.45, 2.75) is 0 Å². The van der Waals surface area contributed by atoms with Gasteiger partial charge in [-0.2, -0.15) is 0 Å². The third-order valence-electron chi connectivity index (χ3n) is 0.943. The number of aliphatic hydroxyl groups is 2. The Kier molecular flexibility index (Phi) is 20.5. The van der Waals surface area contributed by atoms with E-state index in [1.54, 1.807) is 12.2 Å². The van der Waals surface area contributed by atoms with Crippen LogP contribution in [0.3, 0.4) is 0 Å². The van der Waals surface area contributed by atoms with E-state index >= 15 is 0 Å². The SMILES string of the molecule is C=CCOCC=C.OCCOCCO. The molecule has 0 radical (unpaired) electrons. The van der Waals surface area contributed by atoms with Gasteiger partial charge in [-0.1, -0.05) is 12.2 Å². The maximum absolute atomic E-state index is 8.09. The molecule has 0 heterocycles. The van der Waals surface area contributed by atoms with E-state index in [1.165, 1.54) is 0 Å². The molecular formula is C10H20O4. The number of hydrogen-bond acceptors (Lipinski definition) is 4. The third-order valence-corrected chi connectivity index (χ3v) is 0.943. The Morgan fingerprint density at radius 2 is 1.29 bits per heavy atom. The van der Waals surface area contributed by atoms with E-state index in [2.05, 4.69) is 17.9 Å². The van der Waals surface area contributed by atoms with Crippen LogP contribution in [-0.4, -0.2) is 49.9 Å². The summed E-state index contributed by atoms with van der Waals surface area (Å²) in [6, 6.07) is 0. The maximum Gasteiger partial charge on any atom is 0.0698 e. The molecule has 84 valence electrons. The normalized spacial score (nSPS) is 8.71. The lowest BCUT2D eigenvalue weighted by molar-refractivity contribution is 0.0650. The van der Waals surface area contributed by atoms with Crippen molar-refractivity contribution in [1.29, 1.82) is 0 Å². The van der Waals surface area contributed by atoms with Crippen LogP contribution >= 0.6 is 0 Å². The van der Waals surface area contributed by atoms with Crippen LogP contribution in [0.4, 0.5) is 0 Å². The summed E-state index contributed by atoms with van der Waals surface area (Å²) >= 11 is 0. The first-order chi connectivity index (χ1) is 6.83. The molecule has 0 aliphatic carbocycles. The zero-order valence-electron chi connectivity index (χ0n) is 8.52. The predicted octanol–water partition coefficient (Wildman–Crippen LogP) is 0.363. The highest BCUT2D eigenvalue weighted by Crippen LogP contribution is 1.72. The van der Waals surface area contributed by atoms with Gasteiger partial charge in [0.15, 0.2) is 0 Å². The zero-order valence-corrected chi connectivity index (χ0v) is 8.52. The first-order valence-electron chi connectivity index (χ1n) is 4.42. The van der Waals surface area contributed by atoms with Gasteiger partial charge in [0.1, 0.15) is 0 Å². The minimum atomic E-state index is 0.0278. The number of aliphatic hydroxyl groups excluding tert-OH is 2. The molecule has 0 fully saturated rings. The van der Waals surface area contributed by atoms with Gasteiger partial charge >= 0.3 is 0 Å². The Balaban J connectivity index is 0. The van der Waals surface area contributed by atoms with Gasteiger partial charge in [-0.25, -0.2) is 0 Å². The largest absolute Gasteiger partial charge is 0.394 e. The van der Waals surface area contributed by atoms with Crippen LogP contribution in [-0.2, 0) is 9.47 Å². The van der Waals surface area contributed by atoms with E-state index in [0.29, 0.717) is 26.4 Å². The molecule has 0 saturated heterocycles. The summed E-state index contributed by atoms with van der Waals surface area (Å²) in [4.78, 5) is 0. The molecule has 0 unspecified atom stereocenters. The number of ether oxygens (including phenoxy) is 2. The van der Waals surface area contributed by atoms with Crippen LogP contribution in [0.2, 0.25) is 0 Å². The topological polar surface area (TPSA) is 58.9 Å². The summed E-state index contributed by atoms with van der Waals surface area (Å²) in [5.74, 6) is 0. The maximum atomic E-state index is 8.09. The summed E-state index contributed by atoms with van der Waals surface area (Å²) in [6.07, 6.45) is 3.42. The molecule has 0 aromatic heterocycles. The quantitative estimate of drug-likeness (QED) is 0.443. The van der Waals surface area contributed by atoms with E-state index < -0.39 is 0 Å². The van der Waals surface area contributed by atoms with Crippen LogP contribution in [0.5, 0.6) is 0 Å². The second-order valence-corrected chi connectivity index (χ2v) is 2.17. The fourth-order valence-electron chi connectivity index (χ4n) is 0.466. The van der Waals surface area contributed by atoms with E-state index in [0.717, 1.165) is 0 Å². The van der Waals surface area contributed by atoms with Crippen molar-refractivity contribution in [3.8, 4) is 0 Å². The van der Waals surface area contributed by atoms with Gasteiger partial charge in [0, 0.05) is 0 Å². The van der Waals surface area contributed by atoms with Gasteiger partial charge < -0.3 is 19.7 Å². The molecule has 0 aliphatic heterocycles. The van der Waals surface area contributed by atoms with Gasteiger partial charge in [0.25, 0.3) is 0 Å². The van der Waals surface area contributed by atoms with Crippen LogP contribution in [0.1, 0.15) is 0 Å². The second kappa shape index (κ2) is 18.2. The Bertz CT molecular complexity index is 103. The van der Waals surface area contributed by atoms with Crippen LogP contribution in [0.25, 0.3) is 0 Å². The Morgan fingerprint density at radius 1 is 0.857 bits per heavy atom. The van der Waals surface area contributed by atoms with Crippen LogP contribution in [0.15, 0.2) is 25.3 Å². The van der Waals surface area contributed by atoms with E-state index in [9.17, 15) is 0 Å². The van der Waals surface area contributed by atoms with Gasteiger partial charge in [-0.15, -0.1) is 13.2 Å². The Labute approximate surface area is 85.5 Å². The Hall–Kier alpha value is -0.680. The molecule has 14 heavy (non-hydrogen) atoms. The van der Waals surface area contributed by atoms with Gasteiger partial charge in [-0.05, 0) is 0 Å². The molecule has 0 saturated carbocycles. The molecule has 2 N–H and O–H groups in total. The minimum absolute atomic E-state index is 0.0278. The number of rotatable bonds is 8. The molecule has 4 nitrogen and oxygen atoms in total. The lowest BCUT2D eigenvalue weighted by atomic mass is 10.6. The molecule has 0 aliphatic rings. The lowest BCUT2D eigenvalue weighted by Crippen LogP contribution is -2.03. The van der Waals surface area contributed by atoms with Crippen molar-refractivity contribution in [2.24, 2.45) is 0 Å². The van der Waals surface area contributed by atoms with E-state index in [-0.39, 0.29) is 13.2 Å². The highest BCUT2D eigenvalue weighted by atomic mass is 16.5. The van der Waals surface area contributed by atoms with Gasteiger partial charge in [0.05, 0.1) is 39.6 Å². The molecule has 0 atom stereocenters. The fourth-order valence-corrected chi connectivity index (χ4v) is 0.466. The first kappa shape index (κ1) is 15.8. The fraction of sp³-hybridized carbons (Fsp3) is 0.600. The van der Waals surface area contributed by atoms with Gasteiger partial charge in [0.2, 0.25) is 0 Å². The summed E-state index contributed by atoms with van der Waals surface area (Å²) in [5.41, 5.74) is 0. The van der Waals surface area contributed by atoms with Crippen LogP contribution < -0.4 is 0 Å². The van der Waals surface area contributed by atoms with E-state index in [4.69, 9.17) is 14.9 Å². The lowest BCUT2D eigenvalue weighted by Gasteiger charge is -1.94. The highest BCUT2D eigenvalue weighted by molar-refractivity contribution is 4.68. The van der Waals surface area contributed by atoms with Crippen molar-refractivity contribution in [3.63, 3.8) is 0 Å². The molecule has 0 spiro atoms. The minimum Gasteiger partial charge on any atom is -0.394 e. The standard InChI is InChI=1S/C6H10O.C4H10O3/c1-3-5-7-6-4-2;5-1-3-7-4-2-6/h3-4H,1-2,5-6H2;5-6H,1-4H2. The molecule has 4 heteroatoms. The molecule has 0 bridgehead atoms. The average Bonchev–Trinajstić information content (AvgIpc) is 2.21. The smallest absolute Gasteiger partial charge is 0.0698 e. The zero-order chi connectivity index (χ0) is 11.1. The average molecular weight is 204 g/mol. The summed E-state index contributed by atoms with van der Waals surface area (Å²) in [6.45, 7) is 8.88. The third kappa shape index (κ3) is 22.5. The van der Waals surface area contributed by atoms with Crippen molar-refractivity contribution in [1.82, 2.24) is 0 Å². The molecule has 0 amide bonds. The monoisotopic (exact) mass is 204 g/mol. The molecule has 0 aromatic rings. The summed E-state index contributed by atoms with van der Waals surface area (Å²) in [7, 11) is 0.